The summed E-state index contributed by atoms with van der Waals surface area (Å²) in [6, 6.07) is 6.38. The molecule has 0 aliphatic rings. The topological polar surface area (TPSA) is 17.8 Å². The standard InChI is InChI=1S/C10H6ClF3N2/c11-9-4-5-16(15-9)8-3-1-2-7(6-8)10(12,13)14/h1-6H. The highest BCUT2D eigenvalue weighted by Crippen LogP contribution is 2.30. The van der Waals surface area contributed by atoms with E-state index in [1.165, 1.54) is 29.1 Å². The Balaban J connectivity index is 2.44. The second-order valence-electron chi connectivity index (χ2n) is 3.13. The zero-order chi connectivity index (χ0) is 11.8. The summed E-state index contributed by atoms with van der Waals surface area (Å²) in [6.45, 7) is 0. The van der Waals surface area contributed by atoms with Crippen LogP contribution in [0, 0.1) is 0 Å². The third-order valence-electron chi connectivity index (χ3n) is 1.99. The van der Waals surface area contributed by atoms with Gasteiger partial charge < -0.3 is 0 Å². The van der Waals surface area contributed by atoms with Crippen LogP contribution in [0.25, 0.3) is 5.69 Å². The van der Waals surface area contributed by atoms with Crippen LogP contribution in [-0.2, 0) is 6.18 Å². The summed E-state index contributed by atoms with van der Waals surface area (Å²) in [4.78, 5) is 0. The number of benzene rings is 1. The van der Waals surface area contributed by atoms with Crippen LogP contribution in [0.2, 0.25) is 5.15 Å². The Hall–Kier alpha value is -1.49. The average molecular weight is 247 g/mol. The first kappa shape index (κ1) is 11.0. The van der Waals surface area contributed by atoms with Gasteiger partial charge in [-0.25, -0.2) is 4.68 Å². The second kappa shape index (κ2) is 3.83. The van der Waals surface area contributed by atoms with Crippen LogP contribution in [0.3, 0.4) is 0 Å². The highest BCUT2D eigenvalue weighted by molar-refractivity contribution is 6.29. The molecule has 0 saturated heterocycles. The maximum atomic E-state index is 12.4. The quantitative estimate of drug-likeness (QED) is 0.752. The van der Waals surface area contributed by atoms with E-state index < -0.39 is 11.7 Å². The molecule has 0 spiro atoms. The predicted molar refractivity (Wildman–Crippen MR) is 53.6 cm³/mol. The van der Waals surface area contributed by atoms with E-state index >= 15 is 0 Å². The Morgan fingerprint density at radius 3 is 2.50 bits per heavy atom. The molecule has 1 aromatic carbocycles. The fraction of sp³-hybridized carbons (Fsp3) is 0.100. The maximum absolute atomic E-state index is 12.4. The number of alkyl halides is 3. The first-order chi connectivity index (χ1) is 7.47. The van der Waals surface area contributed by atoms with Crippen LogP contribution >= 0.6 is 11.6 Å². The molecular formula is C10H6ClF3N2. The van der Waals surface area contributed by atoms with Gasteiger partial charge in [0.1, 0.15) is 0 Å². The molecule has 0 amide bonds. The number of aromatic nitrogens is 2. The fourth-order valence-corrected chi connectivity index (χ4v) is 1.41. The van der Waals surface area contributed by atoms with Crippen molar-refractivity contribution in [2.75, 3.05) is 0 Å². The van der Waals surface area contributed by atoms with Crippen molar-refractivity contribution < 1.29 is 13.2 Å². The normalized spacial score (nSPS) is 11.8. The Bertz CT molecular complexity index is 505. The third-order valence-corrected chi connectivity index (χ3v) is 2.20. The molecule has 1 heterocycles. The van der Waals surface area contributed by atoms with Gasteiger partial charge in [0, 0.05) is 6.20 Å². The van der Waals surface area contributed by atoms with Crippen molar-refractivity contribution in [3.05, 3.63) is 47.2 Å². The molecular weight excluding hydrogens is 241 g/mol. The van der Waals surface area contributed by atoms with Gasteiger partial charge >= 0.3 is 6.18 Å². The fourth-order valence-electron chi connectivity index (χ4n) is 1.27. The Morgan fingerprint density at radius 2 is 1.94 bits per heavy atom. The van der Waals surface area contributed by atoms with Gasteiger partial charge in [0.05, 0.1) is 11.3 Å². The van der Waals surface area contributed by atoms with E-state index in [0.29, 0.717) is 5.69 Å². The Kier molecular flexibility index (Phi) is 2.63. The minimum atomic E-state index is -4.35. The molecule has 0 atom stereocenters. The molecule has 6 heteroatoms. The summed E-state index contributed by atoms with van der Waals surface area (Å²) in [6.07, 6.45) is -2.86. The van der Waals surface area contributed by atoms with E-state index in [1.54, 1.807) is 0 Å². The van der Waals surface area contributed by atoms with Crippen molar-refractivity contribution in [3.8, 4) is 5.69 Å². The molecule has 2 rings (SSSR count). The monoisotopic (exact) mass is 246 g/mol. The lowest BCUT2D eigenvalue weighted by Gasteiger charge is -2.08. The number of halogens is 4. The lowest BCUT2D eigenvalue weighted by atomic mass is 10.2. The van der Waals surface area contributed by atoms with Gasteiger partial charge in [0.25, 0.3) is 0 Å². The van der Waals surface area contributed by atoms with E-state index in [0.717, 1.165) is 12.1 Å². The average Bonchev–Trinajstić information content (AvgIpc) is 2.64. The molecule has 2 aromatic rings. The van der Waals surface area contributed by atoms with E-state index in [2.05, 4.69) is 5.10 Å². The highest BCUT2D eigenvalue weighted by Gasteiger charge is 2.30. The van der Waals surface area contributed by atoms with Gasteiger partial charge in [0.15, 0.2) is 5.15 Å². The summed E-state index contributed by atoms with van der Waals surface area (Å²) in [7, 11) is 0. The van der Waals surface area contributed by atoms with Crippen LogP contribution in [0.5, 0.6) is 0 Å². The molecule has 0 N–H and O–H groups in total. The van der Waals surface area contributed by atoms with Gasteiger partial charge in [0.2, 0.25) is 0 Å². The predicted octanol–water partition coefficient (Wildman–Crippen LogP) is 3.54. The number of hydrogen-bond donors (Lipinski definition) is 0. The highest BCUT2D eigenvalue weighted by atomic mass is 35.5. The summed E-state index contributed by atoms with van der Waals surface area (Å²) in [5, 5.41) is 4.05. The summed E-state index contributed by atoms with van der Waals surface area (Å²) >= 11 is 5.59. The second-order valence-corrected chi connectivity index (χ2v) is 3.52. The maximum Gasteiger partial charge on any atom is 0.416 e. The molecule has 0 fully saturated rings. The number of nitrogens with zero attached hydrogens (tertiary/aromatic N) is 2. The third kappa shape index (κ3) is 2.19. The molecule has 2 nitrogen and oxygen atoms in total. The van der Waals surface area contributed by atoms with Gasteiger partial charge in [-0.05, 0) is 24.3 Å². The van der Waals surface area contributed by atoms with Crippen molar-refractivity contribution in [2.45, 2.75) is 6.18 Å². The van der Waals surface area contributed by atoms with Crippen LogP contribution in [0.15, 0.2) is 36.5 Å². The zero-order valence-electron chi connectivity index (χ0n) is 7.87. The lowest BCUT2D eigenvalue weighted by molar-refractivity contribution is -0.137. The molecule has 0 radical (unpaired) electrons. The van der Waals surface area contributed by atoms with Crippen LogP contribution in [0.1, 0.15) is 5.56 Å². The van der Waals surface area contributed by atoms with E-state index in [-0.39, 0.29) is 5.15 Å². The van der Waals surface area contributed by atoms with Gasteiger partial charge in [-0.1, -0.05) is 17.7 Å². The molecule has 0 aliphatic heterocycles. The van der Waals surface area contributed by atoms with Crippen LogP contribution in [-0.4, -0.2) is 9.78 Å². The lowest BCUT2D eigenvalue weighted by Crippen LogP contribution is -2.06. The molecule has 0 unspecified atom stereocenters. The van der Waals surface area contributed by atoms with Crippen LogP contribution in [0.4, 0.5) is 13.2 Å². The van der Waals surface area contributed by atoms with Gasteiger partial charge in [-0.3, -0.25) is 0 Å². The minimum Gasteiger partial charge on any atom is -0.239 e. The molecule has 16 heavy (non-hydrogen) atoms. The van der Waals surface area contributed by atoms with E-state index in [1.807, 2.05) is 0 Å². The van der Waals surface area contributed by atoms with Crippen molar-refractivity contribution >= 4 is 11.6 Å². The van der Waals surface area contributed by atoms with Crippen molar-refractivity contribution in [1.29, 1.82) is 0 Å². The van der Waals surface area contributed by atoms with Crippen molar-refractivity contribution in [2.24, 2.45) is 0 Å². The zero-order valence-corrected chi connectivity index (χ0v) is 8.63. The number of hydrogen-bond acceptors (Lipinski definition) is 1. The molecule has 0 aliphatic carbocycles. The van der Waals surface area contributed by atoms with Gasteiger partial charge in [-0.2, -0.15) is 18.3 Å². The SMILES string of the molecule is FC(F)(F)c1cccc(-n2ccc(Cl)n2)c1. The molecule has 0 saturated carbocycles. The van der Waals surface area contributed by atoms with E-state index in [4.69, 9.17) is 11.6 Å². The van der Waals surface area contributed by atoms with E-state index in [9.17, 15) is 13.2 Å². The molecule has 0 bridgehead atoms. The van der Waals surface area contributed by atoms with Crippen molar-refractivity contribution in [1.82, 2.24) is 9.78 Å². The first-order valence-electron chi connectivity index (χ1n) is 4.35. The Labute approximate surface area is 94.3 Å². The van der Waals surface area contributed by atoms with Crippen LogP contribution < -0.4 is 0 Å². The smallest absolute Gasteiger partial charge is 0.239 e. The molecule has 84 valence electrons. The summed E-state index contributed by atoms with van der Waals surface area (Å²) in [5.41, 5.74) is -0.390. The largest absolute Gasteiger partial charge is 0.416 e. The van der Waals surface area contributed by atoms with Crippen molar-refractivity contribution in [3.63, 3.8) is 0 Å². The van der Waals surface area contributed by atoms with Gasteiger partial charge in [-0.15, -0.1) is 0 Å². The summed E-state index contributed by atoms with van der Waals surface area (Å²) in [5.74, 6) is 0. The minimum absolute atomic E-state index is 0.234. The Morgan fingerprint density at radius 1 is 1.19 bits per heavy atom. The first-order valence-corrected chi connectivity index (χ1v) is 4.73. The molecule has 1 aromatic heterocycles. The number of rotatable bonds is 1. The summed E-state index contributed by atoms with van der Waals surface area (Å²) < 4.78 is 38.6.